The van der Waals surface area contributed by atoms with E-state index in [0.717, 1.165) is 4.88 Å². The summed E-state index contributed by atoms with van der Waals surface area (Å²) in [5.74, 6) is 2.75. The van der Waals surface area contributed by atoms with E-state index in [9.17, 15) is 4.79 Å². The number of ether oxygens (including phenoxy) is 3. The Hall–Kier alpha value is -3.07. The molecule has 3 aromatic rings. The van der Waals surface area contributed by atoms with E-state index in [-0.39, 0.29) is 5.91 Å². The van der Waals surface area contributed by atoms with Gasteiger partial charge in [0.25, 0.3) is 5.91 Å². The molecule has 0 unspecified atom stereocenters. The fraction of sp³-hybridized carbons (Fsp3) is 0.409. The number of carbonyl (C=O) groups is 1. The van der Waals surface area contributed by atoms with Crippen molar-refractivity contribution in [3.8, 4) is 28.6 Å². The Bertz CT molecular complexity index is 976. The van der Waals surface area contributed by atoms with Gasteiger partial charge in [-0.05, 0) is 29.5 Å². The first kappa shape index (κ1) is 22.6. The van der Waals surface area contributed by atoms with Crippen LogP contribution in [0.5, 0.6) is 17.2 Å². The van der Waals surface area contributed by atoms with Gasteiger partial charge in [-0.25, -0.2) is 0 Å². The Labute approximate surface area is 185 Å². The van der Waals surface area contributed by atoms with E-state index in [1.165, 1.54) is 11.3 Å². The molecule has 1 amide bonds. The third-order valence-corrected chi connectivity index (χ3v) is 5.45. The van der Waals surface area contributed by atoms with Gasteiger partial charge < -0.3 is 23.6 Å². The zero-order valence-electron chi connectivity index (χ0n) is 18.4. The number of thiophene rings is 1. The van der Waals surface area contributed by atoms with Gasteiger partial charge in [0, 0.05) is 25.1 Å². The maximum Gasteiger partial charge on any atom is 0.263 e. The van der Waals surface area contributed by atoms with Crippen molar-refractivity contribution in [2.24, 2.45) is 5.92 Å². The van der Waals surface area contributed by atoms with Crippen molar-refractivity contribution in [1.82, 2.24) is 15.0 Å². The van der Waals surface area contributed by atoms with Gasteiger partial charge in [-0.15, -0.1) is 11.3 Å². The fourth-order valence-corrected chi connectivity index (χ4v) is 3.88. The monoisotopic (exact) mass is 445 g/mol. The predicted octanol–water partition coefficient (Wildman–Crippen LogP) is 4.16. The van der Waals surface area contributed by atoms with Gasteiger partial charge in [-0.3, -0.25) is 4.79 Å². The van der Waals surface area contributed by atoms with Crippen molar-refractivity contribution in [3.63, 3.8) is 0 Å². The molecular weight excluding hydrogens is 418 g/mol. The highest BCUT2D eigenvalue weighted by atomic mass is 32.1. The Morgan fingerprint density at radius 2 is 1.87 bits per heavy atom. The van der Waals surface area contributed by atoms with Gasteiger partial charge in [-0.1, -0.05) is 25.1 Å². The summed E-state index contributed by atoms with van der Waals surface area (Å²) < 4.78 is 21.6. The molecule has 2 aromatic heterocycles. The minimum atomic E-state index is 0.0214. The number of benzene rings is 1. The molecule has 9 heteroatoms. The van der Waals surface area contributed by atoms with Crippen LogP contribution < -0.4 is 14.2 Å². The summed E-state index contributed by atoms with van der Waals surface area (Å²) in [5.41, 5.74) is 0.679. The lowest BCUT2D eigenvalue weighted by Gasteiger charge is -2.23. The van der Waals surface area contributed by atoms with Crippen LogP contribution in [0.3, 0.4) is 0 Å². The van der Waals surface area contributed by atoms with Crippen LogP contribution in [0.2, 0.25) is 0 Å². The average Bonchev–Trinajstić information content (AvgIpc) is 3.47. The lowest BCUT2D eigenvalue weighted by molar-refractivity contribution is 0.0739. The molecule has 0 atom stereocenters. The quantitative estimate of drug-likeness (QED) is 0.463. The molecule has 0 bridgehead atoms. The summed E-state index contributed by atoms with van der Waals surface area (Å²) in [5, 5.41) is 5.99. The van der Waals surface area contributed by atoms with E-state index >= 15 is 0 Å². The second-order valence-corrected chi connectivity index (χ2v) is 8.25. The highest BCUT2D eigenvalue weighted by Crippen LogP contribution is 2.40. The van der Waals surface area contributed by atoms with Gasteiger partial charge in [-0.2, -0.15) is 4.98 Å². The molecule has 0 aliphatic heterocycles. The highest BCUT2D eigenvalue weighted by molar-refractivity contribution is 7.12. The largest absolute Gasteiger partial charge is 0.493 e. The number of amides is 1. The topological polar surface area (TPSA) is 86.9 Å². The summed E-state index contributed by atoms with van der Waals surface area (Å²) in [6.07, 6.45) is 0.460. The van der Waals surface area contributed by atoms with E-state index in [2.05, 4.69) is 24.0 Å². The average molecular weight is 446 g/mol. The number of hydrogen-bond donors (Lipinski definition) is 0. The molecule has 0 spiro atoms. The minimum absolute atomic E-state index is 0.0214. The zero-order valence-corrected chi connectivity index (χ0v) is 19.2. The molecule has 0 aliphatic rings. The Morgan fingerprint density at radius 1 is 1.16 bits per heavy atom. The maximum absolute atomic E-state index is 12.8. The van der Waals surface area contributed by atoms with Crippen LogP contribution >= 0.6 is 11.3 Å². The Balaban J connectivity index is 1.76. The molecule has 166 valence electrons. The summed E-state index contributed by atoms with van der Waals surface area (Å²) in [4.78, 5) is 19.9. The first-order valence-electron chi connectivity index (χ1n) is 9.92. The molecule has 0 saturated carbocycles. The van der Waals surface area contributed by atoms with E-state index in [4.69, 9.17) is 18.7 Å². The number of carbonyl (C=O) groups excluding carboxylic acids is 1. The van der Waals surface area contributed by atoms with E-state index in [1.807, 2.05) is 22.4 Å². The van der Waals surface area contributed by atoms with Crippen molar-refractivity contribution in [2.45, 2.75) is 20.3 Å². The highest BCUT2D eigenvalue weighted by Gasteiger charge is 2.20. The number of methoxy groups -OCH3 is 3. The van der Waals surface area contributed by atoms with Crippen LogP contribution in [0, 0.1) is 5.92 Å². The number of rotatable bonds is 10. The van der Waals surface area contributed by atoms with E-state index in [1.54, 1.807) is 33.5 Å². The van der Waals surface area contributed by atoms with E-state index < -0.39 is 0 Å². The molecule has 1 aromatic carbocycles. The summed E-state index contributed by atoms with van der Waals surface area (Å²) in [7, 11) is 4.65. The third kappa shape index (κ3) is 5.35. The van der Waals surface area contributed by atoms with Crippen molar-refractivity contribution in [1.29, 1.82) is 0 Å². The van der Waals surface area contributed by atoms with Crippen molar-refractivity contribution < 1.29 is 23.5 Å². The Morgan fingerprint density at radius 3 is 2.42 bits per heavy atom. The van der Waals surface area contributed by atoms with Crippen LogP contribution in [0.4, 0.5) is 0 Å². The van der Waals surface area contributed by atoms with Crippen molar-refractivity contribution >= 4 is 17.2 Å². The minimum Gasteiger partial charge on any atom is -0.493 e. The molecule has 31 heavy (non-hydrogen) atoms. The molecule has 0 N–H and O–H groups in total. The number of aromatic nitrogens is 2. The van der Waals surface area contributed by atoms with Gasteiger partial charge >= 0.3 is 0 Å². The molecule has 0 fully saturated rings. The molecule has 0 aliphatic carbocycles. The van der Waals surface area contributed by atoms with Gasteiger partial charge in [0.2, 0.25) is 17.5 Å². The molecule has 2 heterocycles. The summed E-state index contributed by atoms with van der Waals surface area (Å²) in [6.45, 7) is 5.32. The normalized spacial score (nSPS) is 10.9. The lowest BCUT2D eigenvalue weighted by Crippen LogP contribution is -2.35. The van der Waals surface area contributed by atoms with Crippen LogP contribution in [0.15, 0.2) is 34.2 Å². The fourth-order valence-electron chi connectivity index (χ4n) is 3.19. The smallest absolute Gasteiger partial charge is 0.263 e. The molecule has 0 saturated heterocycles. The van der Waals surface area contributed by atoms with Crippen LogP contribution in [0.1, 0.15) is 29.4 Å². The predicted molar refractivity (Wildman–Crippen MR) is 118 cm³/mol. The van der Waals surface area contributed by atoms with Crippen LogP contribution in [0.25, 0.3) is 11.4 Å². The van der Waals surface area contributed by atoms with Gasteiger partial charge in [0.1, 0.15) is 0 Å². The number of hydrogen-bond acceptors (Lipinski definition) is 8. The summed E-state index contributed by atoms with van der Waals surface area (Å²) in [6, 6.07) is 7.26. The first-order chi connectivity index (χ1) is 15.0. The van der Waals surface area contributed by atoms with Gasteiger partial charge in [0.05, 0.1) is 26.2 Å². The maximum atomic E-state index is 12.8. The van der Waals surface area contributed by atoms with Crippen molar-refractivity contribution in [2.75, 3.05) is 34.4 Å². The molecule has 3 rings (SSSR count). The SMILES string of the molecule is COc1cc(-c2noc(CCN(CC(C)C)C(=O)c3cccs3)n2)cc(OC)c1OC. The van der Waals surface area contributed by atoms with Gasteiger partial charge in [0.15, 0.2) is 11.5 Å². The molecule has 8 nitrogen and oxygen atoms in total. The van der Waals surface area contributed by atoms with E-state index in [0.29, 0.717) is 60.0 Å². The molecular formula is C22H27N3O5S. The summed E-state index contributed by atoms with van der Waals surface area (Å²) >= 11 is 1.44. The molecule has 0 radical (unpaired) electrons. The second-order valence-electron chi connectivity index (χ2n) is 7.30. The number of nitrogens with zero attached hydrogens (tertiary/aromatic N) is 3. The second kappa shape index (κ2) is 10.3. The first-order valence-corrected chi connectivity index (χ1v) is 10.8. The standard InChI is InChI=1S/C22H27N3O5S/c1-14(2)13-25(22(26)18-7-6-10-31-18)9-8-19-23-21(24-30-19)15-11-16(27-3)20(29-5)17(12-15)28-4/h6-7,10-12,14H,8-9,13H2,1-5H3. The van der Waals surface area contributed by atoms with Crippen LogP contribution in [-0.4, -0.2) is 55.4 Å². The third-order valence-electron chi connectivity index (χ3n) is 4.59. The lowest BCUT2D eigenvalue weighted by atomic mass is 10.1. The van der Waals surface area contributed by atoms with Crippen molar-refractivity contribution in [3.05, 3.63) is 40.4 Å². The zero-order chi connectivity index (χ0) is 22.4. The van der Waals surface area contributed by atoms with Crippen LogP contribution in [-0.2, 0) is 6.42 Å². The Kier molecular flexibility index (Phi) is 7.51.